The highest BCUT2D eigenvalue weighted by Crippen LogP contribution is 2.46. The molecule has 3 atom stereocenters. The zero-order chi connectivity index (χ0) is 42.3. The number of hydrogen-bond donors (Lipinski definition) is 6. The van der Waals surface area contributed by atoms with Gasteiger partial charge in [0.25, 0.3) is 0 Å². The number of nitrogens with one attached hydrogen (secondary N) is 3. The molecule has 4 aromatic heterocycles. The molecule has 0 spiro atoms. The number of anilines is 2. The van der Waals surface area contributed by atoms with Crippen LogP contribution < -0.4 is 20.5 Å². The Hall–Kier alpha value is -3.56. The van der Waals surface area contributed by atoms with E-state index >= 15 is 4.21 Å². The average Bonchev–Trinajstić information content (AvgIpc) is 4.00. The van der Waals surface area contributed by atoms with Gasteiger partial charge in [0.2, 0.25) is 4.34 Å². The normalized spacial score (nSPS) is 20.8. The van der Waals surface area contributed by atoms with E-state index in [4.69, 9.17) is 15.1 Å². The predicted octanol–water partition coefficient (Wildman–Crippen LogP) is 6.78. The standard InChI is InChI=1S/C40H52N10O5S4/c1-37(2)16-14-23-29(21-10-8-12-25(21)45-31(23)37)48-34(52)50-59(55,36-43-19-28(57-36)39(5,6)54)44-20-40(7)17-15-24-30(22-11-9-13-26(22)46-32(24)40)47-33(51)49-58(41)35-42-18-27(56-35)38(3,4)53/h18-19,53-54H,8-17,20H2,1-7H3,(H3,41,46,47,49,51)(H2,44,45,48,50,52,55). The molecule has 4 aromatic rings. The number of nitrogens with two attached hydrogens (primary N) is 1. The van der Waals surface area contributed by atoms with Gasteiger partial charge < -0.3 is 20.8 Å². The molecule has 19 heteroatoms. The van der Waals surface area contributed by atoms with E-state index in [1.165, 1.54) is 17.5 Å². The molecule has 0 bridgehead atoms. The van der Waals surface area contributed by atoms with Gasteiger partial charge in [-0.1, -0.05) is 20.8 Å². The van der Waals surface area contributed by atoms with Gasteiger partial charge in [-0.05, 0) is 114 Å². The van der Waals surface area contributed by atoms with E-state index in [0.29, 0.717) is 32.6 Å². The van der Waals surface area contributed by atoms with E-state index in [1.807, 2.05) is 6.92 Å². The van der Waals surface area contributed by atoms with Crippen molar-refractivity contribution < 1.29 is 24.0 Å². The van der Waals surface area contributed by atoms with Gasteiger partial charge >= 0.3 is 12.1 Å². The van der Waals surface area contributed by atoms with Crippen molar-refractivity contribution in [2.75, 3.05) is 17.2 Å². The van der Waals surface area contributed by atoms with Crippen LogP contribution in [0.5, 0.6) is 0 Å². The molecule has 0 fully saturated rings. The van der Waals surface area contributed by atoms with Crippen LogP contribution in [0.4, 0.5) is 21.0 Å². The molecule has 7 N–H and O–H groups in total. The molecular formula is C40H52N10O5S4. The number of aromatic nitrogens is 4. The van der Waals surface area contributed by atoms with E-state index in [9.17, 15) is 19.8 Å². The number of urea groups is 2. The van der Waals surface area contributed by atoms with Crippen LogP contribution >= 0.6 is 22.7 Å². The number of nitrogens with zero attached hydrogens (tertiary/aromatic N) is 6. The first-order valence-electron chi connectivity index (χ1n) is 20.0. The lowest BCUT2D eigenvalue weighted by atomic mass is 9.87. The van der Waals surface area contributed by atoms with Crippen LogP contribution in [0.2, 0.25) is 0 Å². The zero-order valence-corrected chi connectivity index (χ0v) is 37.7. The summed E-state index contributed by atoms with van der Waals surface area (Å²) in [6.07, 6.45) is 10.9. The number of carbonyl (C=O) groups excluding carboxylic acids is 2. The van der Waals surface area contributed by atoms with Gasteiger partial charge in [0.05, 0.1) is 43.7 Å². The van der Waals surface area contributed by atoms with Crippen molar-refractivity contribution in [3.63, 3.8) is 0 Å². The van der Waals surface area contributed by atoms with Crippen molar-refractivity contribution in [1.82, 2.24) is 24.7 Å². The highest BCUT2D eigenvalue weighted by atomic mass is 32.2. The molecule has 59 heavy (non-hydrogen) atoms. The Bertz CT molecular complexity index is 2560. The summed E-state index contributed by atoms with van der Waals surface area (Å²) in [6.45, 7) is 13.1. The second-order valence-corrected chi connectivity index (χ2v) is 23.6. The third-order valence-corrected chi connectivity index (χ3v) is 18.2. The second-order valence-electron chi connectivity index (χ2n) is 17.9. The topological polar surface area (TPSA) is 230 Å². The summed E-state index contributed by atoms with van der Waals surface area (Å²) in [5, 5.41) is 33.6. The molecule has 15 nitrogen and oxygen atoms in total. The monoisotopic (exact) mass is 880 g/mol. The lowest BCUT2D eigenvalue weighted by Crippen LogP contribution is -2.38. The van der Waals surface area contributed by atoms with E-state index < -0.39 is 49.5 Å². The summed E-state index contributed by atoms with van der Waals surface area (Å²) in [4.78, 5) is 47.6. The smallest absolute Gasteiger partial charge is 0.354 e. The van der Waals surface area contributed by atoms with Gasteiger partial charge in [0.15, 0.2) is 14.3 Å². The lowest BCUT2D eigenvalue weighted by molar-refractivity contribution is 0.0817. The Morgan fingerprint density at radius 2 is 1.37 bits per heavy atom. The highest BCUT2D eigenvalue weighted by molar-refractivity contribution is 7.94. The molecule has 4 amide bonds. The number of rotatable bonds is 9. The first-order valence-corrected chi connectivity index (χ1v) is 24.4. The number of amides is 4. The fraction of sp³-hybridized carbons (Fsp3) is 0.550. The SMILES string of the molecule is CC(C)(O)c1cnc(/S(N)=N/C(=O)Nc2c3c(nc4c2CCC4(C)CNS(=O)(=NC(=O)Nc2c4c(nc5c2CCC5(C)C)CCC4)c2ncc(C(C)(C)O)s2)CCC3)s1. The Balaban J connectivity index is 1.10. The number of pyridine rings is 2. The molecule has 4 aliphatic carbocycles. The Labute approximate surface area is 355 Å². The van der Waals surface area contributed by atoms with Crippen LogP contribution in [0.15, 0.2) is 29.8 Å². The number of aryl methyl sites for hydroxylation is 2. The van der Waals surface area contributed by atoms with Crippen molar-refractivity contribution in [2.24, 2.45) is 13.9 Å². The molecule has 316 valence electrons. The van der Waals surface area contributed by atoms with Gasteiger partial charge in [0.1, 0.15) is 0 Å². The zero-order valence-electron chi connectivity index (χ0n) is 34.4. The number of carbonyl (C=O) groups is 2. The maximum atomic E-state index is 15.2. The number of thiazole rings is 2. The molecular weight excluding hydrogens is 829 g/mol. The van der Waals surface area contributed by atoms with Gasteiger partial charge in [-0.25, -0.2) is 28.5 Å². The van der Waals surface area contributed by atoms with E-state index in [2.05, 4.69) is 47.9 Å². The maximum absolute atomic E-state index is 15.2. The van der Waals surface area contributed by atoms with Crippen LogP contribution in [0.1, 0.15) is 129 Å². The molecule has 3 unspecified atom stereocenters. The van der Waals surface area contributed by atoms with Crippen LogP contribution in [0.3, 0.4) is 0 Å². The van der Waals surface area contributed by atoms with Crippen LogP contribution in [-0.4, -0.2) is 53.0 Å². The number of aliphatic hydroxyl groups is 2. The third kappa shape index (κ3) is 8.04. The summed E-state index contributed by atoms with van der Waals surface area (Å²) in [6, 6.07) is -1.34. The largest absolute Gasteiger partial charge is 0.385 e. The maximum Gasteiger partial charge on any atom is 0.354 e. The first-order chi connectivity index (χ1) is 27.6. The minimum absolute atomic E-state index is 0.0847. The van der Waals surface area contributed by atoms with Gasteiger partial charge in [-0.15, -0.1) is 31.4 Å². The molecule has 0 aliphatic heterocycles. The van der Waals surface area contributed by atoms with Crippen molar-refractivity contribution in [2.45, 2.75) is 143 Å². The van der Waals surface area contributed by atoms with Crippen molar-refractivity contribution in [3.8, 4) is 0 Å². The van der Waals surface area contributed by atoms with E-state index in [-0.39, 0.29) is 16.3 Å². The van der Waals surface area contributed by atoms with Gasteiger partial charge in [-0.3, -0.25) is 15.1 Å². The summed E-state index contributed by atoms with van der Waals surface area (Å²) in [7, 11) is -5.03. The minimum atomic E-state index is -3.70. The molecule has 8 rings (SSSR count). The fourth-order valence-electron chi connectivity index (χ4n) is 8.54. The quantitative estimate of drug-likeness (QED) is 0.103. The lowest BCUT2D eigenvalue weighted by Gasteiger charge is -2.26. The first kappa shape index (κ1) is 42.1. The van der Waals surface area contributed by atoms with Crippen molar-refractivity contribution >= 4 is 66.9 Å². The van der Waals surface area contributed by atoms with Crippen LogP contribution in [-0.2, 0) is 81.3 Å². The molecule has 0 saturated heterocycles. The van der Waals surface area contributed by atoms with Crippen molar-refractivity contribution in [3.05, 3.63) is 67.2 Å². The van der Waals surface area contributed by atoms with Gasteiger partial charge in [0, 0.05) is 52.0 Å². The summed E-state index contributed by atoms with van der Waals surface area (Å²) >= 11 is 2.27. The molecule has 0 saturated carbocycles. The molecule has 0 radical (unpaired) electrons. The third-order valence-electron chi connectivity index (χ3n) is 11.9. The number of hydrogen-bond acceptors (Lipinski definition) is 11. The van der Waals surface area contributed by atoms with Gasteiger partial charge in [-0.2, -0.15) is 0 Å². The molecule has 4 heterocycles. The van der Waals surface area contributed by atoms with Crippen molar-refractivity contribution in [1.29, 1.82) is 0 Å². The summed E-state index contributed by atoms with van der Waals surface area (Å²) in [5.74, 6) is 0. The van der Waals surface area contributed by atoms with Crippen LogP contribution in [0.25, 0.3) is 0 Å². The summed E-state index contributed by atoms with van der Waals surface area (Å²) < 4.78 is 27.5. The molecule has 0 aromatic carbocycles. The highest BCUT2D eigenvalue weighted by Gasteiger charge is 2.42. The van der Waals surface area contributed by atoms with E-state index in [0.717, 1.165) is 113 Å². The predicted molar refractivity (Wildman–Crippen MR) is 231 cm³/mol. The second kappa shape index (κ2) is 15.1. The van der Waals surface area contributed by atoms with E-state index in [1.54, 1.807) is 33.9 Å². The average molecular weight is 881 g/mol. The Kier molecular flexibility index (Phi) is 10.8. The minimum Gasteiger partial charge on any atom is -0.385 e. The molecule has 4 aliphatic rings. The van der Waals surface area contributed by atoms with Crippen LogP contribution in [0, 0.1) is 0 Å². The summed E-state index contributed by atoms with van der Waals surface area (Å²) in [5.41, 5.74) is 5.89. The Morgan fingerprint density at radius 1 is 0.814 bits per heavy atom. The fourth-order valence-corrected chi connectivity index (χ4v) is 13.3. The number of fused-ring (bicyclic) bond motifs is 4. The Morgan fingerprint density at radius 3 is 1.98 bits per heavy atom.